The summed E-state index contributed by atoms with van der Waals surface area (Å²) < 4.78 is 16.2. The van der Waals surface area contributed by atoms with Crippen molar-refractivity contribution >= 4 is 37.0 Å². The number of nitrogens with zero attached hydrogens (tertiary/aromatic N) is 4. The van der Waals surface area contributed by atoms with Gasteiger partial charge in [0.25, 0.3) is 5.56 Å². The first-order chi connectivity index (χ1) is 23.1. The van der Waals surface area contributed by atoms with E-state index >= 15 is 0 Å². The van der Waals surface area contributed by atoms with E-state index in [0.717, 1.165) is 17.9 Å². The zero-order chi connectivity index (χ0) is 35.5. The van der Waals surface area contributed by atoms with Crippen molar-refractivity contribution in [1.82, 2.24) is 18.9 Å². The van der Waals surface area contributed by atoms with Crippen LogP contribution in [0.5, 0.6) is 0 Å². The molecule has 258 valence electrons. The zero-order valence-electron chi connectivity index (χ0n) is 29.2. The number of hydrogen-bond acceptors (Lipinski definition) is 8. The highest BCUT2D eigenvalue weighted by Gasteiger charge is 2.25. The minimum Gasteiger partial charge on any atom is -0.443 e. The van der Waals surface area contributed by atoms with E-state index in [0.29, 0.717) is 40.9 Å². The van der Waals surface area contributed by atoms with Gasteiger partial charge in [0.15, 0.2) is 6.23 Å². The standard InChI is InChI=1S/C37H45N5O6Si/c1-25-8-10-26(11-9-25)20-41-21-29(19-38-41)34(44)39-30-18-31(35(45)40(22-30)24-47-14-15-49(5,6)7)33-17-28-16-27(23-43)12-13-32(28)42(33)36(46)48-37(2,3)4/h8-13,16-19,21-23,34,39,44H,14-15,20,24H2,1-7H3. The topological polar surface area (TPSA) is 130 Å². The first-order valence-corrected chi connectivity index (χ1v) is 20.0. The van der Waals surface area contributed by atoms with Crippen LogP contribution < -0.4 is 10.9 Å². The Morgan fingerprint density at radius 1 is 1.06 bits per heavy atom. The number of carbonyl (C=O) groups is 2. The molecule has 0 aliphatic carbocycles. The van der Waals surface area contributed by atoms with Gasteiger partial charge >= 0.3 is 6.09 Å². The molecule has 0 aliphatic heterocycles. The molecule has 3 aromatic heterocycles. The van der Waals surface area contributed by atoms with Crippen molar-refractivity contribution in [3.63, 3.8) is 0 Å². The summed E-state index contributed by atoms with van der Waals surface area (Å²) >= 11 is 0. The third kappa shape index (κ3) is 9.02. The van der Waals surface area contributed by atoms with Gasteiger partial charge in [0, 0.05) is 43.6 Å². The molecule has 12 heteroatoms. The molecule has 0 radical (unpaired) electrons. The first-order valence-electron chi connectivity index (χ1n) is 16.3. The molecule has 0 spiro atoms. The van der Waals surface area contributed by atoms with Crippen LogP contribution in [0, 0.1) is 6.92 Å². The van der Waals surface area contributed by atoms with E-state index in [2.05, 4.69) is 30.1 Å². The molecule has 11 nitrogen and oxygen atoms in total. The average molecular weight is 684 g/mol. The Hall–Kier alpha value is -4.78. The molecule has 0 fully saturated rings. The number of aliphatic hydroxyl groups is 1. The SMILES string of the molecule is Cc1ccc(Cn2cc(C(O)Nc3cc(-c4cc5cc(C=O)ccc5n4C(=O)OC(C)(C)C)c(=O)n(COCC[Si](C)(C)C)c3)cn2)cc1. The second kappa shape index (κ2) is 14.4. The van der Waals surface area contributed by atoms with Gasteiger partial charge in [-0.1, -0.05) is 49.5 Å². The monoisotopic (exact) mass is 683 g/mol. The molecule has 2 aromatic carbocycles. The Morgan fingerprint density at radius 3 is 2.47 bits per heavy atom. The molecule has 0 aliphatic rings. The van der Waals surface area contributed by atoms with Gasteiger partial charge in [0.1, 0.15) is 18.6 Å². The van der Waals surface area contributed by atoms with Gasteiger partial charge in [0.05, 0.1) is 35.2 Å². The van der Waals surface area contributed by atoms with Crippen molar-refractivity contribution in [2.45, 2.75) is 78.5 Å². The lowest BCUT2D eigenvalue weighted by Crippen LogP contribution is -2.29. The fourth-order valence-corrected chi connectivity index (χ4v) is 6.03. The van der Waals surface area contributed by atoms with Crippen LogP contribution in [0.2, 0.25) is 25.7 Å². The number of hydrogen-bond donors (Lipinski definition) is 2. The Kier molecular flexibility index (Phi) is 10.4. The largest absolute Gasteiger partial charge is 0.443 e. The van der Waals surface area contributed by atoms with Gasteiger partial charge in [-0.05, 0) is 69.6 Å². The molecule has 1 atom stereocenters. The number of aliphatic hydroxyl groups excluding tert-OH is 1. The predicted molar refractivity (Wildman–Crippen MR) is 194 cm³/mol. The van der Waals surface area contributed by atoms with Crippen molar-refractivity contribution < 1.29 is 24.2 Å². The Balaban J connectivity index is 1.54. The number of nitrogens with one attached hydrogen (secondary N) is 1. The third-order valence-corrected chi connectivity index (χ3v) is 9.57. The lowest BCUT2D eigenvalue weighted by molar-refractivity contribution is 0.0547. The molecule has 5 rings (SSSR count). The van der Waals surface area contributed by atoms with E-state index in [-0.39, 0.29) is 18.0 Å². The van der Waals surface area contributed by atoms with Gasteiger partial charge in [-0.15, -0.1) is 0 Å². The first kappa shape index (κ1) is 35.5. The number of aldehydes is 1. The van der Waals surface area contributed by atoms with E-state index in [1.54, 1.807) is 74.4 Å². The van der Waals surface area contributed by atoms with Crippen LogP contribution in [-0.4, -0.2) is 56.7 Å². The van der Waals surface area contributed by atoms with Crippen LogP contribution in [0.1, 0.15) is 54.0 Å². The maximum Gasteiger partial charge on any atom is 0.419 e. The minimum atomic E-state index is -1.38. The smallest absolute Gasteiger partial charge is 0.419 e. The normalized spacial score (nSPS) is 12.7. The van der Waals surface area contributed by atoms with Gasteiger partial charge in [-0.25, -0.2) is 9.36 Å². The summed E-state index contributed by atoms with van der Waals surface area (Å²) in [6.45, 7) is 15.1. The van der Waals surface area contributed by atoms with Crippen LogP contribution in [0.15, 0.2) is 78.0 Å². The molecule has 1 unspecified atom stereocenters. The summed E-state index contributed by atoms with van der Waals surface area (Å²) in [5.41, 5.74) is 3.34. The third-order valence-electron chi connectivity index (χ3n) is 7.86. The van der Waals surface area contributed by atoms with Crippen LogP contribution in [0.4, 0.5) is 10.5 Å². The van der Waals surface area contributed by atoms with Crippen molar-refractivity contribution in [2.24, 2.45) is 0 Å². The number of fused-ring (bicyclic) bond motifs is 1. The second-order valence-corrected chi connectivity index (χ2v) is 20.2. The maximum atomic E-state index is 14.1. The lowest BCUT2D eigenvalue weighted by Gasteiger charge is -2.21. The number of carbonyl (C=O) groups excluding carboxylic acids is 2. The molecular formula is C37H45N5O6Si. The highest BCUT2D eigenvalue weighted by atomic mass is 28.3. The zero-order valence-corrected chi connectivity index (χ0v) is 30.2. The predicted octanol–water partition coefficient (Wildman–Crippen LogP) is 7.03. The fourth-order valence-electron chi connectivity index (χ4n) is 5.27. The Bertz CT molecular complexity index is 2010. The van der Waals surface area contributed by atoms with Gasteiger partial charge < -0.3 is 19.9 Å². The number of anilines is 1. The molecule has 0 amide bonds. The number of ether oxygens (including phenoxy) is 2. The summed E-state index contributed by atoms with van der Waals surface area (Å²) in [7, 11) is -1.38. The quantitative estimate of drug-likeness (QED) is 0.0621. The van der Waals surface area contributed by atoms with Gasteiger partial charge in [-0.3, -0.25) is 18.8 Å². The summed E-state index contributed by atoms with van der Waals surface area (Å²) in [5, 5.41) is 19.4. The van der Waals surface area contributed by atoms with Crippen LogP contribution in [-0.2, 0) is 22.7 Å². The van der Waals surface area contributed by atoms with E-state index < -0.39 is 31.6 Å². The van der Waals surface area contributed by atoms with E-state index in [1.165, 1.54) is 14.7 Å². The summed E-state index contributed by atoms with van der Waals surface area (Å²) in [6.07, 6.45) is 3.83. The number of pyridine rings is 1. The molecular weight excluding hydrogens is 639 g/mol. The summed E-state index contributed by atoms with van der Waals surface area (Å²) in [6, 6.07) is 17.3. The van der Waals surface area contributed by atoms with Crippen molar-refractivity contribution in [1.29, 1.82) is 0 Å². The van der Waals surface area contributed by atoms with Gasteiger partial charge in [-0.2, -0.15) is 5.10 Å². The molecule has 5 aromatic rings. The summed E-state index contributed by atoms with van der Waals surface area (Å²) in [5.74, 6) is 0. The summed E-state index contributed by atoms with van der Waals surface area (Å²) in [4.78, 5) is 39.3. The molecule has 2 N–H and O–H groups in total. The highest BCUT2D eigenvalue weighted by molar-refractivity contribution is 6.76. The lowest BCUT2D eigenvalue weighted by atomic mass is 10.1. The molecule has 0 saturated carbocycles. The Morgan fingerprint density at radius 2 is 1.80 bits per heavy atom. The molecule has 0 bridgehead atoms. The van der Waals surface area contributed by atoms with Crippen molar-refractivity contribution in [3.05, 3.63) is 106 Å². The van der Waals surface area contributed by atoms with Gasteiger partial charge in [0.2, 0.25) is 0 Å². The average Bonchev–Trinajstić information content (AvgIpc) is 3.65. The number of aromatic nitrogens is 4. The fraction of sp³-hybridized carbons (Fsp3) is 0.351. The molecule has 49 heavy (non-hydrogen) atoms. The number of benzene rings is 2. The maximum absolute atomic E-state index is 14.1. The van der Waals surface area contributed by atoms with E-state index in [4.69, 9.17) is 9.47 Å². The highest BCUT2D eigenvalue weighted by Crippen LogP contribution is 2.30. The van der Waals surface area contributed by atoms with Crippen LogP contribution in [0.25, 0.3) is 22.2 Å². The van der Waals surface area contributed by atoms with Crippen LogP contribution in [0.3, 0.4) is 0 Å². The van der Waals surface area contributed by atoms with Crippen molar-refractivity contribution in [2.75, 3.05) is 11.9 Å². The molecule has 3 heterocycles. The molecule has 0 saturated heterocycles. The number of aryl methyl sites for hydroxylation is 1. The van der Waals surface area contributed by atoms with Crippen LogP contribution >= 0.6 is 0 Å². The number of rotatable bonds is 12. The van der Waals surface area contributed by atoms with E-state index in [9.17, 15) is 19.5 Å². The van der Waals surface area contributed by atoms with E-state index in [1.807, 2.05) is 31.2 Å². The Labute approximate surface area is 287 Å². The second-order valence-electron chi connectivity index (χ2n) is 14.6. The van der Waals surface area contributed by atoms with Crippen molar-refractivity contribution in [3.8, 4) is 11.3 Å². The minimum absolute atomic E-state index is 0.0294.